The number of carbonyl (C=O) groups is 1. The molecule has 1 atom stereocenters. The van der Waals surface area contributed by atoms with Crippen molar-refractivity contribution in [2.75, 3.05) is 31.1 Å². The van der Waals surface area contributed by atoms with Crippen molar-refractivity contribution in [3.05, 3.63) is 22.3 Å². The van der Waals surface area contributed by atoms with Crippen LogP contribution in [0.15, 0.2) is 12.3 Å². The van der Waals surface area contributed by atoms with Crippen LogP contribution in [0.25, 0.3) is 0 Å². The van der Waals surface area contributed by atoms with Gasteiger partial charge in [0.05, 0.1) is 10.0 Å². The van der Waals surface area contributed by atoms with E-state index in [1.807, 2.05) is 11.8 Å². The third kappa shape index (κ3) is 3.29. The van der Waals surface area contributed by atoms with Gasteiger partial charge in [0.25, 0.3) is 0 Å². The first kappa shape index (κ1) is 14.4. The molecule has 0 bridgehead atoms. The van der Waals surface area contributed by atoms with Crippen molar-refractivity contribution >= 4 is 34.9 Å². The molecule has 0 aliphatic carbocycles. The van der Waals surface area contributed by atoms with E-state index in [0.717, 1.165) is 6.54 Å². The van der Waals surface area contributed by atoms with Crippen molar-refractivity contribution in [2.45, 2.75) is 13.0 Å². The summed E-state index contributed by atoms with van der Waals surface area (Å²) in [6, 6.07) is 1.34. The molecule has 2 heterocycles. The average Bonchev–Trinajstić information content (AvgIpc) is 2.39. The zero-order chi connectivity index (χ0) is 13.8. The molecule has 2 N–H and O–H groups in total. The van der Waals surface area contributed by atoms with Crippen LogP contribution in [-0.4, -0.2) is 43.1 Å². The first-order valence-electron chi connectivity index (χ1n) is 6.19. The van der Waals surface area contributed by atoms with E-state index in [1.54, 1.807) is 12.3 Å². The fourth-order valence-electron chi connectivity index (χ4n) is 2.10. The summed E-state index contributed by atoms with van der Waals surface area (Å²) < 4.78 is 0. The summed E-state index contributed by atoms with van der Waals surface area (Å²) in [7, 11) is 0. The minimum absolute atomic E-state index is 0.0254. The van der Waals surface area contributed by atoms with Gasteiger partial charge in [-0.1, -0.05) is 23.2 Å². The maximum Gasteiger partial charge on any atom is 0.244 e. The summed E-state index contributed by atoms with van der Waals surface area (Å²) >= 11 is 12.0. The monoisotopic (exact) mass is 302 g/mol. The molecule has 1 saturated heterocycles. The molecule has 0 saturated carbocycles. The molecule has 19 heavy (non-hydrogen) atoms. The van der Waals surface area contributed by atoms with Crippen LogP contribution in [0, 0.1) is 0 Å². The van der Waals surface area contributed by atoms with Crippen molar-refractivity contribution in [1.29, 1.82) is 0 Å². The first-order chi connectivity index (χ1) is 9.13. The van der Waals surface area contributed by atoms with E-state index >= 15 is 0 Å². The summed E-state index contributed by atoms with van der Waals surface area (Å²) in [4.78, 5) is 18.2. The van der Waals surface area contributed by atoms with Gasteiger partial charge < -0.3 is 15.5 Å². The quantitative estimate of drug-likeness (QED) is 0.884. The second kappa shape index (κ2) is 6.41. The van der Waals surface area contributed by atoms with Gasteiger partial charge in [-0.2, -0.15) is 0 Å². The minimum Gasteiger partial charge on any atom is -0.355 e. The molecule has 1 unspecified atom stereocenters. The van der Waals surface area contributed by atoms with E-state index in [0.29, 0.717) is 35.5 Å². The van der Waals surface area contributed by atoms with Gasteiger partial charge in [-0.3, -0.25) is 4.79 Å². The molecule has 0 radical (unpaired) electrons. The molecule has 5 nitrogen and oxygen atoms in total. The molecule has 1 aromatic heterocycles. The van der Waals surface area contributed by atoms with Crippen molar-refractivity contribution in [3.63, 3.8) is 0 Å². The normalized spacial score (nSPS) is 19.3. The third-order valence-electron chi connectivity index (χ3n) is 2.96. The lowest BCUT2D eigenvalue weighted by atomic mass is 10.1. The van der Waals surface area contributed by atoms with E-state index in [1.165, 1.54) is 0 Å². The van der Waals surface area contributed by atoms with E-state index < -0.39 is 0 Å². The van der Waals surface area contributed by atoms with Gasteiger partial charge in [0, 0.05) is 32.4 Å². The van der Waals surface area contributed by atoms with E-state index in [-0.39, 0.29) is 11.9 Å². The molecule has 7 heteroatoms. The van der Waals surface area contributed by atoms with Crippen LogP contribution in [-0.2, 0) is 4.79 Å². The molecule has 1 amide bonds. The third-order valence-corrected chi connectivity index (χ3v) is 3.44. The Morgan fingerprint density at radius 3 is 3.11 bits per heavy atom. The highest BCUT2D eigenvalue weighted by molar-refractivity contribution is 6.36. The Labute approximate surface area is 122 Å². The van der Waals surface area contributed by atoms with Crippen molar-refractivity contribution < 1.29 is 4.79 Å². The number of nitrogens with one attached hydrogen (secondary N) is 2. The highest BCUT2D eigenvalue weighted by Gasteiger charge is 2.30. The maximum atomic E-state index is 12.1. The van der Waals surface area contributed by atoms with E-state index in [4.69, 9.17) is 23.2 Å². The zero-order valence-corrected chi connectivity index (χ0v) is 12.1. The maximum absolute atomic E-state index is 12.1. The highest BCUT2D eigenvalue weighted by atomic mass is 35.5. The predicted molar refractivity (Wildman–Crippen MR) is 76.9 cm³/mol. The number of carbonyl (C=O) groups excluding carboxylic acids is 1. The Kier molecular flexibility index (Phi) is 4.85. The molecule has 0 aromatic carbocycles. The summed E-state index contributed by atoms with van der Waals surface area (Å²) in [5.74, 6) is 0.575. The minimum atomic E-state index is -0.306. The number of hydrogen-bond donors (Lipinski definition) is 2. The number of rotatable bonds is 3. The number of likely N-dealkylation sites (N-methyl/N-ethyl adjacent to an activating group) is 1. The van der Waals surface area contributed by atoms with Crippen LogP contribution in [0.2, 0.25) is 10.0 Å². The van der Waals surface area contributed by atoms with Crippen LogP contribution in [0.5, 0.6) is 0 Å². The lowest BCUT2D eigenvalue weighted by Gasteiger charge is -2.36. The number of nitrogens with zero attached hydrogens (tertiary/aromatic N) is 2. The van der Waals surface area contributed by atoms with Crippen molar-refractivity contribution in [1.82, 2.24) is 15.6 Å². The largest absolute Gasteiger partial charge is 0.355 e. The molecule has 1 aliphatic heterocycles. The lowest BCUT2D eigenvalue weighted by molar-refractivity contribution is -0.122. The SMILES string of the molecule is CCNC(=O)C1CNCCN1c1ncc(Cl)cc1Cl. The molecule has 0 spiro atoms. The number of pyridine rings is 1. The van der Waals surface area contributed by atoms with E-state index in [9.17, 15) is 4.79 Å². The van der Waals surface area contributed by atoms with Gasteiger partial charge in [0.15, 0.2) is 0 Å². The van der Waals surface area contributed by atoms with Gasteiger partial charge in [-0.25, -0.2) is 4.98 Å². The Bertz CT molecular complexity index is 469. The first-order valence-corrected chi connectivity index (χ1v) is 6.95. The smallest absolute Gasteiger partial charge is 0.244 e. The highest BCUT2D eigenvalue weighted by Crippen LogP contribution is 2.27. The molecule has 1 aliphatic rings. The van der Waals surface area contributed by atoms with Gasteiger partial charge in [-0.15, -0.1) is 0 Å². The van der Waals surface area contributed by atoms with Crippen LogP contribution in [0.4, 0.5) is 5.82 Å². The fourth-order valence-corrected chi connectivity index (χ4v) is 2.59. The summed E-state index contributed by atoms with van der Waals surface area (Å²) in [5, 5.41) is 6.98. The Balaban J connectivity index is 2.26. The Morgan fingerprint density at radius 1 is 1.63 bits per heavy atom. The van der Waals surface area contributed by atoms with Crippen molar-refractivity contribution in [2.24, 2.45) is 0 Å². The Morgan fingerprint density at radius 2 is 2.42 bits per heavy atom. The van der Waals surface area contributed by atoms with Gasteiger partial charge >= 0.3 is 0 Å². The van der Waals surface area contributed by atoms with Crippen LogP contribution < -0.4 is 15.5 Å². The fraction of sp³-hybridized carbons (Fsp3) is 0.500. The number of aromatic nitrogens is 1. The zero-order valence-electron chi connectivity index (χ0n) is 10.6. The van der Waals surface area contributed by atoms with Gasteiger partial charge in [0.2, 0.25) is 5.91 Å². The number of piperazine rings is 1. The van der Waals surface area contributed by atoms with Crippen molar-refractivity contribution in [3.8, 4) is 0 Å². The summed E-state index contributed by atoms with van der Waals surface area (Å²) in [5.41, 5.74) is 0. The molecule has 2 rings (SSSR count). The predicted octanol–water partition coefficient (Wildman–Crippen LogP) is 1.30. The molecule has 1 aromatic rings. The van der Waals surface area contributed by atoms with Gasteiger partial charge in [-0.05, 0) is 13.0 Å². The summed E-state index contributed by atoms with van der Waals surface area (Å²) in [6.07, 6.45) is 1.54. The van der Waals surface area contributed by atoms with Crippen LogP contribution >= 0.6 is 23.2 Å². The van der Waals surface area contributed by atoms with E-state index in [2.05, 4.69) is 15.6 Å². The second-order valence-corrected chi connectivity index (χ2v) is 5.11. The number of anilines is 1. The standard InChI is InChI=1S/C12H16Cl2N4O/c1-2-16-12(19)10-7-15-3-4-18(10)11-9(14)5-8(13)6-17-11/h5-6,10,15H,2-4,7H2,1H3,(H,16,19). The molecule has 104 valence electrons. The topological polar surface area (TPSA) is 57.3 Å². The summed E-state index contributed by atoms with van der Waals surface area (Å²) in [6.45, 7) is 4.54. The lowest BCUT2D eigenvalue weighted by Crippen LogP contribution is -2.58. The number of hydrogen-bond acceptors (Lipinski definition) is 4. The molecular weight excluding hydrogens is 287 g/mol. The average molecular weight is 303 g/mol. The van der Waals surface area contributed by atoms with Crippen LogP contribution in [0.1, 0.15) is 6.92 Å². The number of amides is 1. The van der Waals surface area contributed by atoms with Gasteiger partial charge in [0.1, 0.15) is 11.9 Å². The van der Waals surface area contributed by atoms with Crippen LogP contribution in [0.3, 0.4) is 0 Å². The second-order valence-electron chi connectivity index (χ2n) is 4.27. The number of halogens is 2. The molecule has 1 fully saturated rings. The Hall–Kier alpha value is -1.04. The molecular formula is C12H16Cl2N4O.